The Morgan fingerprint density at radius 2 is 1.82 bits per heavy atom. The zero-order chi connectivity index (χ0) is 13.0. The molecule has 0 radical (unpaired) electrons. The molecule has 0 aliphatic heterocycles. The molecule has 0 saturated heterocycles. The number of phenolic OH excluding ortho intramolecular Hbond substituents is 1. The van der Waals surface area contributed by atoms with E-state index in [1.807, 2.05) is 0 Å². The van der Waals surface area contributed by atoms with E-state index in [0.717, 1.165) is 0 Å². The van der Waals surface area contributed by atoms with Crippen LogP contribution in [0.15, 0.2) is 24.3 Å². The maximum Gasteiger partial charge on any atom is 0.342 e. The van der Waals surface area contributed by atoms with Crippen LogP contribution in [0.2, 0.25) is 0 Å². The summed E-state index contributed by atoms with van der Waals surface area (Å²) in [7, 11) is 0. The van der Waals surface area contributed by atoms with E-state index < -0.39 is 12.1 Å². The number of benzene rings is 1. The average Bonchev–Trinajstić information content (AvgIpc) is 2.25. The Bertz CT molecular complexity index is 423. The van der Waals surface area contributed by atoms with Gasteiger partial charge in [-0.3, -0.25) is 4.79 Å². The lowest BCUT2D eigenvalue weighted by Gasteiger charge is -2.18. The van der Waals surface area contributed by atoms with Gasteiger partial charge in [0.1, 0.15) is 11.3 Å². The quantitative estimate of drug-likeness (QED) is 0.814. The molecule has 4 heteroatoms. The van der Waals surface area contributed by atoms with Gasteiger partial charge in [0.2, 0.25) is 0 Å². The summed E-state index contributed by atoms with van der Waals surface area (Å²) in [5, 5.41) is 9.49. The van der Waals surface area contributed by atoms with Crippen LogP contribution in [0.4, 0.5) is 0 Å². The summed E-state index contributed by atoms with van der Waals surface area (Å²) in [4.78, 5) is 23.0. The van der Waals surface area contributed by atoms with Crippen LogP contribution in [0.25, 0.3) is 0 Å². The highest BCUT2D eigenvalue weighted by Crippen LogP contribution is 2.19. The van der Waals surface area contributed by atoms with Crippen molar-refractivity contribution in [3.63, 3.8) is 0 Å². The summed E-state index contributed by atoms with van der Waals surface area (Å²) >= 11 is 0. The molecule has 0 saturated carbocycles. The van der Waals surface area contributed by atoms with Gasteiger partial charge < -0.3 is 9.84 Å². The maximum atomic E-state index is 11.8. The summed E-state index contributed by atoms with van der Waals surface area (Å²) in [5.41, 5.74) is 0.0689. The van der Waals surface area contributed by atoms with E-state index in [-0.39, 0.29) is 23.0 Å². The number of carbonyl (C=O) groups is 2. The smallest absolute Gasteiger partial charge is 0.342 e. The van der Waals surface area contributed by atoms with E-state index in [2.05, 4.69) is 0 Å². The molecule has 17 heavy (non-hydrogen) atoms. The van der Waals surface area contributed by atoms with Crippen LogP contribution < -0.4 is 0 Å². The van der Waals surface area contributed by atoms with Crippen molar-refractivity contribution in [3.8, 4) is 5.75 Å². The molecular formula is C13H16O4. The molecule has 0 amide bonds. The molecular weight excluding hydrogens is 220 g/mol. The molecule has 92 valence electrons. The molecule has 0 aliphatic rings. The molecule has 1 N–H and O–H groups in total. The molecule has 1 unspecified atom stereocenters. The Morgan fingerprint density at radius 3 is 2.29 bits per heavy atom. The molecule has 0 aromatic heterocycles. The SMILES string of the molecule is CC(=O)C(OC(=O)c1ccccc1O)C(C)C. The Hall–Kier alpha value is -1.84. The molecule has 0 aliphatic carbocycles. The number of carbonyl (C=O) groups excluding carboxylic acids is 2. The normalized spacial score (nSPS) is 12.2. The first kappa shape index (κ1) is 13.2. The first-order chi connectivity index (χ1) is 7.93. The number of para-hydroxylation sites is 1. The molecule has 1 atom stereocenters. The Labute approximate surface area is 100 Å². The third kappa shape index (κ3) is 3.31. The van der Waals surface area contributed by atoms with Crippen molar-refractivity contribution in [2.45, 2.75) is 26.9 Å². The predicted octanol–water partition coefficient (Wildman–Crippen LogP) is 2.16. The minimum absolute atomic E-state index is 0.0689. The summed E-state index contributed by atoms with van der Waals surface area (Å²) in [6, 6.07) is 6.08. The van der Waals surface area contributed by atoms with Crippen molar-refractivity contribution in [2.24, 2.45) is 5.92 Å². The largest absolute Gasteiger partial charge is 0.507 e. The minimum Gasteiger partial charge on any atom is -0.507 e. The second-order valence-electron chi connectivity index (χ2n) is 4.20. The van der Waals surface area contributed by atoms with E-state index in [1.54, 1.807) is 26.0 Å². The van der Waals surface area contributed by atoms with Gasteiger partial charge in [-0.05, 0) is 25.0 Å². The fourth-order valence-corrected chi connectivity index (χ4v) is 1.51. The fraction of sp³-hybridized carbons (Fsp3) is 0.385. The monoisotopic (exact) mass is 236 g/mol. The van der Waals surface area contributed by atoms with E-state index in [4.69, 9.17) is 4.74 Å². The summed E-state index contributed by atoms with van der Waals surface area (Å²) < 4.78 is 5.09. The van der Waals surface area contributed by atoms with Gasteiger partial charge in [-0.1, -0.05) is 26.0 Å². The number of ether oxygens (including phenoxy) is 1. The first-order valence-corrected chi connectivity index (χ1v) is 5.43. The van der Waals surface area contributed by atoms with Gasteiger partial charge >= 0.3 is 5.97 Å². The third-order valence-electron chi connectivity index (χ3n) is 2.36. The van der Waals surface area contributed by atoms with Crippen LogP contribution in [0.3, 0.4) is 0 Å². The van der Waals surface area contributed by atoms with Gasteiger partial charge in [0.15, 0.2) is 11.9 Å². The van der Waals surface area contributed by atoms with Crippen LogP contribution in [0.1, 0.15) is 31.1 Å². The number of Topliss-reactive ketones (excluding diaryl/α,β-unsaturated/α-hetero) is 1. The number of esters is 1. The van der Waals surface area contributed by atoms with Gasteiger partial charge in [0.05, 0.1) is 0 Å². The predicted molar refractivity (Wildman–Crippen MR) is 62.8 cm³/mol. The second-order valence-corrected chi connectivity index (χ2v) is 4.20. The zero-order valence-electron chi connectivity index (χ0n) is 10.1. The molecule has 0 fully saturated rings. The van der Waals surface area contributed by atoms with Gasteiger partial charge in [-0.15, -0.1) is 0 Å². The lowest BCUT2D eigenvalue weighted by atomic mass is 10.0. The molecule has 0 heterocycles. The topological polar surface area (TPSA) is 63.6 Å². The number of aromatic hydroxyl groups is 1. The number of hydrogen-bond donors (Lipinski definition) is 1. The minimum atomic E-state index is -0.776. The molecule has 0 bridgehead atoms. The van der Waals surface area contributed by atoms with Crippen molar-refractivity contribution in [3.05, 3.63) is 29.8 Å². The number of rotatable bonds is 4. The highest BCUT2D eigenvalue weighted by Gasteiger charge is 2.24. The average molecular weight is 236 g/mol. The lowest BCUT2D eigenvalue weighted by molar-refractivity contribution is -0.127. The first-order valence-electron chi connectivity index (χ1n) is 5.43. The molecule has 4 nitrogen and oxygen atoms in total. The Morgan fingerprint density at radius 1 is 1.24 bits per heavy atom. The summed E-state index contributed by atoms with van der Waals surface area (Å²) in [5.74, 6) is -1.13. The summed E-state index contributed by atoms with van der Waals surface area (Å²) in [6.07, 6.45) is -0.776. The maximum absolute atomic E-state index is 11.8. The summed E-state index contributed by atoms with van der Waals surface area (Å²) in [6.45, 7) is 4.97. The van der Waals surface area contributed by atoms with Crippen LogP contribution in [-0.4, -0.2) is 23.0 Å². The number of phenols is 1. The molecule has 0 spiro atoms. The molecule has 1 aromatic rings. The standard InChI is InChI=1S/C13H16O4/c1-8(2)12(9(3)14)17-13(16)10-6-4-5-7-11(10)15/h4-8,12,15H,1-3H3. The highest BCUT2D eigenvalue weighted by atomic mass is 16.5. The highest BCUT2D eigenvalue weighted by molar-refractivity contribution is 5.94. The van der Waals surface area contributed by atoms with Crippen molar-refractivity contribution in [1.82, 2.24) is 0 Å². The van der Waals surface area contributed by atoms with Gasteiger partial charge in [0.25, 0.3) is 0 Å². The Kier molecular flexibility index (Phi) is 4.26. The van der Waals surface area contributed by atoms with Crippen molar-refractivity contribution in [2.75, 3.05) is 0 Å². The van der Waals surface area contributed by atoms with E-state index in [0.29, 0.717) is 0 Å². The van der Waals surface area contributed by atoms with Gasteiger partial charge in [-0.25, -0.2) is 4.79 Å². The van der Waals surface area contributed by atoms with E-state index >= 15 is 0 Å². The molecule has 1 aromatic carbocycles. The Balaban J connectivity index is 2.85. The van der Waals surface area contributed by atoms with Crippen molar-refractivity contribution >= 4 is 11.8 Å². The number of hydrogen-bond acceptors (Lipinski definition) is 4. The van der Waals surface area contributed by atoms with Crippen molar-refractivity contribution in [1.29, 1.82) is 0 Å². The zero-order valence-corrected chi connectivity index (χ0v) is 10.1. The second kappa shape index (κ2) is 5.48. The van der Waals surface area contributed by atoms with Crippen molar-refractivity contribution < 1.29 is 19.4 Å². The lowest BCUT2D eigenvalue weighted by Crippen LogP contribution is -2.30. The van der Waals surface area contributed by atoms with Gasteiger partial charge in [0, 0.05) is 0 Å². The van der Waals surface area contributed by atoms with Crippen LogP contribution in [-0.2, 0) is 9.53 Å². The van der Waals surface area contributed by atoms with E-state index in [9.17, 15) is 14.7 Å². The third-order valence-corrected chi connectivity index (χ3v) is 2.36. The fourth-order valence-electron chi connectivity index (χ4n) is 1.51. The van der Waals surface area contributed by atoms with E-state index in [1.165, 1.54) is 19.1 Å². The number of ketones is 1. The van der Waals surface area contributed by atoms with Gasteiger partial charge in [-0.2, -0.15) is 0 Å². The van der Waals surface area contributed by atoms with Crippen LogP contribution in [0, 0.1) is 5.92 Å². The van der Waals surface area contributed by atoms with Crippen LogP contribution in [0.5, 0.6) is 5.75 Å². The molecule has 1 rings (SSSR count). The van der Waals surface area contributed by atoms with Crippen LogP contribution >= 0.6 is 0 Å².